The Morgan fingerprint density at radius 2 is 1.74 bits per heavy atom. The number of amides is 2. The van der Waals surface area contributed by atoms with Crippen LogP contribution in [0, 0.1) is 0 Å². The van der Waals surface area contributed by atoms with E-state index in [0.717, 1.165) is 65.4 Å². The lowest BCUT2D eigenvalue weighted by Crippen LogP contribution is -2.36. The van der Waals surface area contributed by atoms with Crippen LogP contribution in [0.1, 0.15) is 15.9 Å². The molecule has 0 atom stereocenters. The molecule has 2 aromatic heterocycles. The van der Waals surface area contributed by atoms with Gasteiger partial charge in [-0.05, 0) is 78.4 Å². The van der Waals surface area contributed by atoms with E-state index in [1.807, 2.05) is 42.5 Å². The van der Waals surface area contributed by atoms with Crippen molar-refractivity contribution < 1.29 is 19.1 Å². The summed E-state index contributed by atoms with van der Waals surface area (Å²) in [5.74, 6) is 1.02. The fourth-order valence-electron chi connectivity index (χ4n) is 5.32. The fourth-order valence-corrected chi connectivity index (χ4v) is 5.32. The molecule has 210 valence electrons. The zero-order chi connectivity index (χ0) is 28.5. The number of morpholine rings is 1. The molecular weight excluding hydrogens is 532 g/mol. The van der Waals surface area contributed by atoms with Crippen LogP contribution >= 0.6 is 0 Å². The molecule has 0 spiro atoms. The van der Waals surface area contributed by atoms with E-state index >= 15 is 0 Å². The van der Waals surface area contributed by atoms with Crippen LogP contribution in [0.15, 0.2) is 85.2 Å². The van der Waals surface area contributed by atoms with E-state index < -0.39 is 0 Å². The highest BCUT2D eigenvalue weighted by Crippen LogP contribution is 2.33. The summed E-state index contributed by atoms with van der Waals surface area (Å²) in [7, 11) is 0. The van der Waals surface area contributed by atoms with Gasteiger partial charge in [-0.25, -0.2) is 4.98 Å². The molecule has 0 unspecified atom stereocenters. The summed E-state index contributed by atoms with van der Waals surface area (Å²) in [5, 5.41) is 2.76. The molecule has 2 amide bonds. The number of hydrogen-bond acceptors (Lipinski definition) is 7. The lowest BCUT2D eigenvalue weighted by Gasteiger charge is -2.29. The second-order valence-electron chi connectivity index (χ2n) is 10.2. The molecule has 2 aliphatic heterocycles. The lowest BCUT2D eigenvalue weighted by molar-refractivity contribution is -0.118. The Hall–Kier alpha value is -5.22. The minimum absolute atomic E-state index is 0.00122. The normalized spacial score (nSPS) is 14.7. The zero-order valence-electron chi connectivity index (χ0n) is 22.7. The number of aromatic amines is 1. The van der Waals surface area contributed by atoms with Gasteiger partial charge < -0.3 is 29.6 Å². The summed E-state index contributed by atoms with van der Waals surface area (Å²) in [4.78, 5) is 41.6. The van der Waals surface area contributed by atoms with Gasteiger partial charge in [0, 0.05) is 53.7 Å². The highest BCUT2D eigenvalue weighted by molar-refractivity contribution is 6.10. The van der Waals surface area contributed by atoms with Crippen LogP contribution in [0.2, 0.25) is 0 Å². The number of carbonyl (C=O) groups is 2. The average Bonchev–Trinajstić information content (AvgIpc) is 3.61. The van der Waals surface area contributed by atoms with Crippen molar-refractivity contribution in [1.82, 2.24) is 15.0 Å². The number of ether oxygens (including phenoxy) is 2. The summed E-state index contributed by atoms with van der Waals surface area (Å²) in [5.41, 5.74) is 6.90. The number of fused-ring (bicyclic) bond motifs is 2. The average molecular weight is 561 g/mol. The van der Waals surface area contributed by atoms with E-state index in [2.05, 4.69) is 26.3 Å². The van der Waals surface area contributed by atoms with Crippen molar-refractivity contribution in [2.45, 2.75) is 6.54 Å². The molecule has 2 N–H and O–H groups in total. The Bertz CT molecular complexity index is 1760. The summed E-state index contributed by atoms with van der Waals surface area (Å²) in [6.07, 6.45) is 3.22. The summed E-state index contributed by atoms with van der Waals surface area (Å²) < 4.78 is 11.1. The smallest absolute Gasteiger partial charge is 0.262 e. The van der Waals surface area contributed by atoms with Crippen LogP contribution in [0.25, 0.3) is 22.4 Å². The van der Waals surface area contributed by atoms with Crippen LogP contribution in [-0.2, 0) is 16.1 Å². The number of benzene rings is 3. The Labute approximate surface area is 241 Å². The van der Waals surface area contributed by atoms with Crippen LogP contribution in [0.3, 0.4) is 0 Å². The molecule has 42 heavy (non-hydrogen) atoms. The quantitative estimate of drug-likeness (QED) is 0.298. The van der Waals surface area contributed by atoms with Crippen molar-refractivity contribution in [2.75, 3.05) is 48.0 Å². The number of anilines is 3. The van der Waals surface area contributed by atoms with E-state index in [1.165, 1.54) is 0 Å². The van der Waals surface area contributed by atoms with E-state index in [0.29, 0.717) is 23.8 Å². The highest BCUT2D eigenvalue weighted by atomic mass is 16.5. The SMILES string of the molecule is O=C(COc1ccc(-c2nc3cc(N4Cc5cc(N6CCOCC6)ccc5C4=O)ccc3[nH]2)cc1)Nc1ccncc1. The highest BCUT2D eigenvalue weighted by Gasteiger charge is 2.29. The van der Waals surface area contributed by atoms with E-state index in [1.54, 1.807) is 41.6 Å². The third-order valence-corrected chi connectivity index (χ3v) is 7.51. The number of aromatic nitrogens is 3. The van der Waals surface area contributed by atoms with Gasteiger partial charge in [0.25, 0.3) is 11.8 Å². The topological polar surface area (TPSA) is 113 Å². The zero-order valence-corrected chi connectivity index (χ0v) is 22.7. The maximum atomic E-state index is 13.3. The van der Waals surface area contributed by atoms with Crippen molar-refractivity contribution >= 4 is 39.9 Å². The lowest BCUT2D eigenvalue weighted by atomic mass is 10.1. The standard InChI is InChI=1S/C32H28N6O4/c39-30(34-23-9-11-33-12-10-23)20-42-26-5-1-21(2-6-26)31-35-28-8-4-25(18-29(28)36-31)38-19-22-17-24(3-7-27(22)32(38)40)37-13-15-41-16-14-37/h1-12,17-18H,13-16,19-20H2,(H,35,36)(H,33,34,39). The molecule has 0 radical (unpaired) electrons. The molecule has 4 heterocycles. The number of pyridine rings is 1. The third kappa shape index (κ3) is 5.15. The third-order valence-electron chi connectivity index (χ3n) is 7.51. The summed E-state index contributed by atoms with van der Waals surface area (Å²) in [6.45, 7) is 3.57. The predicted molar refractivity (Wildman–Crippen MR) is 160 cm³/mol. The minimum atomic E-state index is -0.254. The number of imidazole rings is 1. The molecule has 0 bridgehead atoms. The van der Waals surface area contributed by atoms with Gasteiger partial charge in [-0.1, -0.05) is 0 Å². The van der Waals surface area contributed by atoms with Gasteiger partial charge in [-0.2, -0.15) is 0 Å². The first-order valence-corrected chi connectivity index (χ1v) is 13.8. The van der Waals surface area contributed by atoms with Crippen LogP contribution < -0.4 is 19.9 Å². The predicted octanol–water partition coefficient (Wildman–Crippen LogP) is 4.64. The van der Waals surface area contributed by atoms with Crippen molar-refractivity contribution in [2.24, 2.45) is 0 Å². The number of nitrogens with zero attached hydrogens (tertiary/aromatic N) is 4. The first-order valence-electron chi connectivity index (χ1n) is 13.8. The van der Waals surface area contributed by atoms with Gasteiger partial charge in [0.05, 0.1) is 30.8 Å². The first-order chi connectivity index (χ1) is 20.6. The van der Waals surface area contributed by atoms with Crippen LogP contribution in [-0.4, -0.2) is 59.7 Å². The fraction of sp³-hybridized carbons (Fsp3) is 0.188. The van der Waals surface area contributed by atoms with Gasteiger partial charge in [0.2, 0.25) is 0 Å². The molecular formula is C32H28N6O4. The first kappa shape index (κ1) is 25.7. The maximum Gasteiger partial charge on any atom is 0.262 e. The van der Waals surface area contributed by atoms with Crippen molar-refractivity contribution in [3.8, 4) is 17.1 Å². The largest absolute Gasteiger partial charge is 0.484 e. The number of carbonyl (C=O) groups excluding carboxylic acids is 2. The summed E-state index contributed by atoms with van der Waals surface area (Å²) in [6, 6.07) is 22.8. The van der Waals surface area contributed by atoms with Crippen molar-refractivity contribution in [1.29, 1.82) is 0 Å². The Balaban J connectivity index is 1.03. The van der Waals surface area contributed by atoms with Gasteiger partial charge in [-0.3, -0.25) is 14.6 Å². The molecule has 1 saturated heterocycles. The van der Waals surface area contributed by atoms with Gasteiger partial charge >= 0.3 is 0 Å². The Kier molecular flexibility index (Phi) is 6.73. The number of nitrogens with one attached hydrogen (secondary N) is 2. The van der Waals surface area contributed by atoms with Gasteiger partial charge in [0.1, 0.15) is 11.6 Å². The van der Waals surface area contributed by atoms with Crippen molar-refractivity contribution in [3.05, 3.63) is 96.3 Å². The Morgan fingerprint density at radius 3 is 2.55 bits per heavy atom. The van der Waals surface area contributed by atoms with Gasteiger partial charge in [-0.15, -0.1) is 0 Å². The van der Waals surface area contributed by atoms with Crippen molar-refractivity contribution in [3.63, 3.8) is 0 Å². The number of rotatable bonds is 7. The molecule has 7 rings (SSSR count). The van der Waals surface area contributed by atoms with Crippen LogP contribution in [0.4, 0.5) is 17.1 Å². The molecule has 0 aliphatic carbocycles. The molecule has 3 aromatic carbocycles. The second kappa shape index (κ2) is 11.0. The van der Waals surface area contributed by atoms with E-state index in [9.17, 15) is 9.59 Å². The van der Waals surface area contributed by atoms with Gasteiger partial charge in [0.15, 0.2) is 6.61 Å². The number of H-pyrrole nitrogens is 1. The minimum Gasteiger partial charge on any atom is -0.484 e. The van der Waals surface area contributed by atoms with Crippen LogP contribution in [0.5, 0.6) is 5.75 Å². The number of hydrogen-bond donors (Lipinski definition) is 2. The molecule has 5 aromatic rings. The molecule has 2 aliphatic rings. The second-order valence-corrected chi connectivity index (χ2v) is 10.2. The monoisotopic (exact) mass is 560 g/mol. The maximum absolute atomic E-state index is 13.3. The van der Waals surface area contributed by atoms with E-state index in [-0.39, 0.29) is 18.4 Å². The summed E-state index contributed by atoms with van der Waals surface area (Å²) >= 11 is 0. The Morgan fingerprint density at radius 1 is 0.952 bits per heavy atom. The molecule has 0 saturated carbocycles. The van der Waals surface area contributed by atoms with E-state index in [4.69, 9.17) is 14.5 Å². The molecule has 1 fully saturated rings. The molecule has 10 nitrogen and oxygen atoms in total. The molecule has 10 heteroatoms.